The molecule has 0 saturated carbocycles. The van der Waals surface area contributed by atoms with Gasteiger partial charge >= 0.3 is 0 Å². The lowest BCUT2D eigenvalue weighted by Gasteiger charge is -2.10. The second-order valence-corrected chi connectivity index (χ2v) is 6.92. The molecular weight excluding hydrogens is 407 g/mol. The van der Waals surface area contributed by atoms with Crippen LogP contribution >= 0.6 is 34.8 Å². The third kappa shape index (κ3) is 7.26. The van der Waals surface area contributed by atoms with Crippen LogP contribution in [0.3, 0.4) is 0 Å². The first-order chi connectivity index (χ1) is 13.1. The molecule has 1 heterocycles. The number of pyridine rings is 1. The molecule has 0 aliphatic heterocycles. The SMILES string of the molecule is N#CNC(=NCCCCCCOc1c(Cl)cc(Cl)cc1Cl)c1cccnc1. The fourth-order valence-electron chi connectivity index (χ4n) is 2.36. The summed E-state index contributed by atoms with van der Waals surface area (Å²) in [5.74, 6) is 1.01. The zero-order chi connectivity index (χ0) is 19.5. The highest BCUT2D eigenvalue weighted by molar-refractivity contribution is 6.40. The third-order valence-electron chi connectivity index (χ3n) is 3.64. The lowest BCUT2D eigenvalue weighted by molar-refractivity contribution is 0.305. The topological polar surface area (TPSA) is 70.3 Å². The van der Waals surface area contributed by atoms with Gasteiger partial charge in [0.1, 0.15) is 5.84 Å². The van der Waals surface area contributed by atoms with Gasteiger partial charge in [0.2, 0.25) is 0 Å². The van der Waals surface area contributed by atoms with Gasteiger partial charge in [-0.3, -0.25) is 15.3 Å². The smallest absolute Gasteiger partial charge is 0.182 e. The highest BCUT2D eigenvalue weighted by Crippen LogP contribution is 2.35. The van der Waals surface area contributed by atoms with E-state index in [1.807, 2.05) is 18.3 Å². The maximum atomic E-state index is 8.84. The van der Waals surface area contributed by atoms with Gasteiger partial charge in [-0.1, -0.05) is 41.2 Å². The van der Waals surface area contributed by atoms with Crippen molar-refractivity contribution in [2.75, 3.05) is 13.2 Å². The number of rotatable bonds is 9. The van der Waals surface area contributed by atoms with E-state index in [9.17, 15) is 0 Å². The molecule has 0 unspecified atom stereocenters. The molecule has 0 bridgehead atoms. The van der Waals surface area contributed by atoms with Gasteiger partial charge in [0.15, 0.2) is 11.9 Å². The summed E-state index contributed by atoms with van der Waals surface area (Å²) in [6.07, 6.45) is 9.05. The first-order valence-corrected chi connectivity index (χ1v) is 9.62. The molecule has 27 heavy (non-hydrogen) atoms. The second-order valence-electron chi connectivity index (χ2n) is 5.67. The molecule has 2 aromatic rings. The zero-order valence-electron chi connectivity index (χ0n) is 14.6. The van der Waals surface area contributed by atoms with Crippen LogP contribution in [0.15, 0.2) is 41.7 Å². The van der Waals surface area contributed by atoms with Crippen molar-refractivity contribution in [3.05, 3.63) is 57.3 Å². The Morgan fingerprint density at radius 2 is 1.89 bits per heavy atom. The van der Waals surface area contributed by atoms with E-state index in [2.05, 4.69) is 15.3 Å². The standard InChI is InChI=1S/C19H19Cl3N4O/c20-15-10-16(21)18(17(22)11-15)27-9-4-2-1-3-8-25-19(26-13-23)14-6-5-7-24-12-14/h5-7,10-12H,1-4,8-9H2,(H,25,26). The number of hydrogen-bond donors (Lipinski definition) is 1. The fraction of sp³-hybridized carbons (Fsp3) is 0.316. The molecule has 0 saturated heterocycles. The van der Waals surface area contributed by atoms with Crippen molar-refractivity contribution in [3.63, 3.8) is 0 Å². The molecular formula is C19H19Cl3N4O. The molecule has 0 atom stereocenters. The summed E-state index contributed by atoms with van der Waals surface area (Å²) in [4.78, 5) is 8.48. The Morgan fingerprint density at radius 1 is 1.15 bits per heavy atom. The van der Waals surface area contributed by atoms with Gasteiger partial charge in [-0.2, -0.15) is 5.26 Å². The third-order valence-corrected chi connectivity index (χ3v) is 4.42. The van der Waals surface area contributed by atoms with Gasteiger partial charge in [0, 0.05) is 29.5 Å². The minimum Gasteiger partial charge on any atom is -0.490 e. The molecule has 142 valence electrons. The Balaban J connectivity index is 1.68. The maximum Gasteiger partial charge on any atom is 0.182 e. The minimum atomic E-state index is 0.412. The maximum absolute atomic E-state index is 8.84. The molecule has 0 aliphatic carbocycles. The lowest BCUT2D eigenvalue weighted by Crippen LogP contribution is -2.19. The van der Waals surface area contributed by atoms with Crippen molar-refractivity contribution in [2.45, 2.75) is 25.7 Å². The van der Waals surface area contributed by atoms with E-state index >= 15 is 0 Å². The number of nitrogens with zero attached hydrogens (tertiary/aromatic N) is 3. The Bertz CT molecular complexity index is 783. The van der Waals surface area contributed by atoms with Gasteiger partial charge in [-0.25, -0.2) is 0 Å². The van der Waals surface area contributed by atoms with Crippen LogP contribution in [-0.2, 0) is 0 Å². The average Bonchev–Trinajstić information content (AvgIpc) is 2.65. The van der Waals surface area contributed by atoms with Gasteiger partial charge in [-0.05, 0) is 43.5 Å². The molecule has 0 spiro atoms. The van der Waals surface area contributed by atoms with Crippen LogP contribution in [0.5, 0.6) is 5.75 Å². The lowest BCUT2D eigenvalue weighted by atomic mass is 10.2. The van der Waals surface area contributed by atoms with Crippen molar-refractivity contribution in [3.8, 4) is 11.9 Å². The first-order valence-electron chi connectivity index (χ1n) is 8.49. The van der Waals surface area contributed by atoms with Crippen molar-refractivity contribution in [1.82, 2.24) is 10.3 Å². The summed E-state index contributed by atoms with van der Waals surface area (Å²) in [5.41, 5.74) is 0.796. The summed E-state index contributed by atoms with van der Waals surface area (Å²) in [7, 11) is 0. The second kappa shape index (κ2) is 11.7. The molecule has 2 rings (SSSR count). The molecule has 0 radical (unpaired) electrons. The molecule has 5 nitrogen and oxygen atoms in total. The van der Waals surface area contributed by atoms with Crippen molar-refractivity contribution < 1.29 is 4.74 Å². The molecule has 1 N–H and O–H groups in total. The highest BCUT2D eigenvalue weighted by atomic mass is 35.5. The van der Waals surface area contributed by atoms with Crippen LogP contribution in [-0.4, -0.2) is 24.0 Å². The predicted octanol–water partition coefficient (Wildman–Crippen LogP) is 5.50. The summed E-state index contributed by atoms with van der Waals surface area (Å²) >= 11 is 18.0. The largest absolute Gasteiger partial charge is 0.490 e. The van der Waals surface area contributed by atoms with Crippen LogP contribution in [0.2, 0.25) is 15.1 Å². The van der Waals surface area contributed by atoms with Gasteiger partial charge in [0.05, 0.1) is 16.7 Å². The van der Waals surface area contributed by atoms with Crippen LogP contribution in [0, 0.1) is 11.5 Å². The first kappa shape index (κ1) is 21.3. The van der Waals surface area contributed by atoms with Crippen LogP contribution < -0.4 is 10.1 Å². The number of hydrogen-bond acceptors (Lipinski definition) is 4. The minimum absolute atomic E-state index is 0.412. The monoisotopic (exact) mass is 424 g/mol. The van der Waals surface area contributed by atoms with Crippen LogP contribution in [0.25, 0.3) is 0 Å². The molecule has 1 aromatic heterocycles. The van der Waals surface area contributed by atoms with Gasteiger partial charge in [-0.15, -0.1) is 0 Å². The van der Waals surface area contributed by atoms with E-state index in [0.29, 0.717) is 39.8 Å². The van der Waals surface area contributed by atoms with E-state index in [1.165, 1.54) is 0 Å². The van der Waals surface area contributed by atoms with E-state index < -0.39 is 0 Å². The number of ether oxygens (including phenoxy) is 1. The zero-order valence-corrected chi connectivity index (χ0v) is 16.9. The number of aliphatic imine (C=N–C) groups is 1. The van der Waals surface area contributed by atoms with Crippen molar-refractivity contribution in [2.24, 2.45) is 4.99 Å². The number of amidine groups is 1. The van der Waals surface area contributed by atoms with Gasteiger partial charge < -0.3 is 4.74 Å². The summed E-state index contributed by atoms with van der Waals surface area (Å²) in [6.45, 7) is 1.16. The van der Waals surface area contributed by atoms with Crippen molar-refractivity contribution in [1.29, 1.82) is 5.26 Å². The Hall–Kier alpha value is -2.00. The average molecular weight is 426 g/mol. The summed E-state index contributed by atoms with van der Waals surface area (Å²) in [6, 6.07) is 6.89. The number of nitrogens with one attached hydrogen (secondary N) is 1. The molecule has 0 fully saturated rings. The molecule has 1 aromatic carbocycles. The Kier molecular flexibility index (Phi) is 9.20. The fourth-order valence-corrected chi connectivity index (χ4v) is 3.28. The Labute approximate surface area is 173 Å². The summed E-state index contributed by atoms with van der Waals surface area (Å²) < 4.78 is 5.65. The van der Waals surface area contributed by atoms with Crippen LogP contribution in [0.1, 0.15) is 31.2 Å². The normalized spacial score (nSPS) is 11.1. The number of halogens is 3. The molecule has 8 heteroatoms. The quantitative estimate of drug-likeness (QED) is 0.189. The molecule has 0 amide bonds. The highest BCUT2D eigenvalue weighted by Gasteiger charge is 2.08. The summed E-state index contributed by atoms with van der Waals surface area (Å²) in [5, 5.41) is 12.8. The number of nitriles is 1. The van der Waals surface area contributed by atoms with Crippen molar-refractivity contribution >= 4 is 40.6 Å². The predicted molar refractivity (Wildman–Crippen MR) is 110 cm³/mol. The number of benzene rings is 1. The van der Waals surface area contributed by atoms with Crippen LogP contribution in [0.4, 0.5) is 0 Å². The number of aromatic nitrogens is 1. The van der Waals surface area contributed by atoms with E-state index in [-0.39, 0.29) is 0 Å². The van der Waals surface area contributed by atoms with E-state index in [0.717, 1.165) is 31.2 Å². The number of unbranched alkanes of at least 4 members (excludes halogenated alkanes) is 3. The van der Waals surface area contributed by atoms with E-state index in [4.69, 9.17) is 44.8 Å². The van der Waals surface area contributed by atoms with E-state index in [1.54, 1.807) is 24.5 Å². The van der Waals surface area contributed by atoms with Gasteiger partial charge in [0.25, 0.3) is 0 Å². The Morgan fingerprint density at radius 3 is 2.56 bits per heavy atom. The molecule has 0 aliphatic rings.